The Bertz CT molecular complexity index is 455. The van der Waals surface area contributed by atoms with Gasteiger partial charge in [-0.1, -0.05) is 18.6 Å². The molecule has 1 aliphatic rings. The van der Waals surface area contributed by atoms with E-state index in [1.807, 2.05) is 17.1 Å². The first-order valence-corrected chi connectivity index (χ1v) is 6.22. The zero-order chi connectivity index (χ0) is 11.5. The number of hydrogen-bond donors (Lipinski definition) is 1. The van der Waals surface area contributed by atoms with Crippen molar-refractivity contribution < 1.29 is 0 Å². The summed E-state index contributed by atoms with van der Waals surface area (Å²) < 4.78 is 2.02. The van der Waals surface area contributed by atoms with Crippen LogP contribution in [-0.2, 0) is 6.54 Å². The summed E-state index contributed by atoms with van der Waals surface area (Å²) in [5.74, 6) is 0. The van der Waals surface area contributed by atoms with Gasteiger partial charge in [-0.25, -0.2) is 4.98 Å². The summed E-state index contributed by atoms with van der Waals surface area (Å²) in [7, 11) is 0. The van der Waals surface area contributed by atoms with Gasteiger partial charge in [-0.15, -0.1) is 0 Å². The van der Waals surface area contributed by atoms with Gasteiger partial charge in [0.25, 0.3) is 0 Å². The van der Waals surface area contributed by atoms with Gasteiger partial charge >= 0.3 is 0 Å². The van der Waals surface area contributed by atoms with E-state index in [2.05, 4.69) is 34.6 Å². The maximum absolute atomic E-state index is 4.05. The Labute approximate surface area is 101 Å². The first kappa shape index (κ1) is 10.5. The van der Waals surface area contributed by atoms with Crippen LogP contribution in [0.25, 0.3) is 5.69 Å². The van der Waals surface area contributed by atoms with Crippen LogP contribution in [0.3, 0.4) is 0 Å². The lowest BCUT2D eigenvalue weighted by atomic mass is 9.93. The summed E-state index contributed by atoms with van der Waals surface area (Å²) in [5, 5.41) is 3.57. The Morgan fingerprint density at radius 3 is 2.65 bits per heavy atom. The zero-order valence-corrected chi connectivity index (χ0v) is 9.84. The van der Waals surface area contributed by atoms with Crippen molar-refractivity contribution in [3.63, 3.8) is 0 Å². The minimum atomic E-state index is 0.753. The van der Waals surface area contributed by atoms with Crippen molar-refractivity contribution in [1.82, 2.24) is 14.9 Å². The van der Waals surface area contributed by atoms with E-state index in [-0.39, 0.29) is 0 Å². The molecule has 3 nitrogen and oxygen atoms in total. The minimum Gasteiger partial charge on any atom is -0.310 e. The molecule has 1 heterocycles. The Balaban J connectivity index is 1.63. The Morgan fingerprint density at radius 2 is 2.06 bits per heavy atom. The molecular weight excluding hydrogens is 210 g/mol. The summed E-state index contributed by atoms with van der Waals surface area (Å²) in [6, 6.07) is 9.39. The highest BCUT2D eigenvalue weighted by atomic mass is 15.0. The quantitative estimate of drug-likeness (QED) is 0.869. The molecule has 1 aromatic carbocycles. The van der Waals surface area contributed by atoms with Gasteiger partial charge in [0.05, 0.1) is 6.33 Å². The molecule has 3 rings (SSSR count). The molecule has 17 heavy (non-hydrogen) atoms. The Hall–Kier alpha value is -1.61. The number of rotatable bonds is 4. The summed E-state index contributed by atoms with van der Waals surface area (Å²) in [6.45, 7) is 0.981. The fraction of sp³-hybridized carbons (Fsp3) is 0.357. The van der Waals surface area contributed by atoms with E-state index in [0.717, 1.165) is 18.3 Å². The first-order chi connectivity index (χ1) is 8.42. The van der Waals surface area contributed by atoms with Crippen LogP contribution in [0.5, 0.6) is 0 Å². The zero-order valence-electron chi connectivity index (χ0n) is 9.84. The van der Waals surface area contributed by atoms with Crippen LogP contribution in [0.4, 0.5) is 0 Å². The highest BCUT2D eigenvalue weighted by molar-refractivity contribution is 5.34. The van der Waals surface area contributed by atoms with Gasteiger partial charge in [-0.2, -0.15) is 0 Å². The highest BCUT2D eigenvalue weighted by Gasteiger charge is 2.15. The molecule has 0 radical (unpaired) electrons. The van der Waals surface area contributed by atoms with E-state index < -0.39 is 0 Å². The molecule has 0 saturated heterocycles. The van der Waals surface area contributed by atoms with Crippen molar-refractivity contribution in [3.8, 4) is 5.69 Å². The monoisotopic (exact) mass is 227 g/mol. The normalized spacial score (nSPS) is 15.8. The molecule has 0 amide bonds. The number of imidazole rings is 1. The third-order valence-corrected chi connectivity index (χ3v) is 3.44. The van der Waals surface area contributed by atoms with Crippen LogP contribution in [-0.4, -0.2) is 15.6 Å². The molecule has 3 heteroatoms. The van der Waals surface area contributed by atoms with Crippen LogP contribution >= 0.6 is 0 Å². The highest BCUT2D eigenvalue weighted by Crippen LogP contribution is 2.18. The second kappa shape index (κ2) is 4.72. The summed E-state index contributed by atoms with van der Waals surface area (Å²) >= 11 is 0. The standard InChI is InChI=1S/C14H17N3/c1-2-13(3-1)16-10-12-4-6-14(7-5-12)17-9-8-15-11-17/h4-9,11,13,16H,1-3,10H2. The molecule has 88 valence electrons. The number of nitrogens with zero attached hydrogens (tertiary/aromatic N) is 2. The Kier molecular flexibility index (Phi) is 2.92. The lowest BCUT2D eigenvalue weighted by molar-refractivity contribution is 0.338. The van der Waals surface area contributed by atoms with Gasteiger partial charge in [0.15, 0.2) is 0 Å². The van der Waals surface area contributed by atoms with Crippen molar-refractivity contribution >= 4 is 0 Å². The van der Waals surface area contributed by atoms with E-state index >= 15 is 0 Å². The van der Waals surface area contributed by atoms with E-state index in [4.69, 9.17) is 0 Å². The molecule has 0 unspecified atom stereocenters. The summed E-state index contributed by atoms with van der Waals surface area (Å²) in [4.78, 5) is 4.05. The molecule has 1 N–H and O–H groups in total. The molecule has 0 atom stereocenters. The van der Waals surface area contributed by atoms with Crippen LogP contribution in [0, 0.1) is 0 Å². The van der Waals surface area contributed by atoms with E-state index in [1.54, 1.807) is 6.20 Å². The molecule has 0 aliphatic heterocycles. The number of aromatic nitrogens is 2. The SMILES string of the molecule is c1cn(-c2ccc(CNC3CCC3)cc2)cn1. The van der Waals surface area contributed by atoms with Crippen molar-refractivity contribution in [2.45, 2.75) is 31.8 Å². The van der Waals surface area contributed by atoms with Gasteiger partial charge in [-0.05, 0) is 30.5 Å². The van der Waals surface area contributed by atoms with Crippen LogP contribution in [0.1, 0.15) is 24.8 Å². The van der Waals surface area contributed by atoms with Crippen molar-refractivity contribution in [2.24, 2.45) is 0 Å². The lowest BCUT2D eigenvalue weighted by Gasteiger charge is -2.26. The third kappa shape index (κ3) is 2.39. The molecule has 0 bridgehead atoms. The maximum Gasteiger partial charge on any atom is 0.0991 e. The van der Waals surface area contributed by atoms with Crippen molar-refractivity contribution in [3.05, 3.63) is 48.5 Å². The van der Waals surface area contributed by atoms with Crippen LogP contribution < -0.4 is 5.32 Å². The second-order valence-corrected chi connectivity index (χ2v) is 4.65. The smallest absolute Gasteiger partial charge is 0.0991 e. The molecule has 2 aromatic rings. The van der Waals surface area contributed by atoms with Gasteiger partial charge < -0.3 is 9.88 Å². The molecule has 1 aromatic heterocycles. The van der Waals surface area contributed by atoms with Gasteiger partial charge in [0, 0.05) is 30.7 Å². The van der Waals surface area contributed by atoms with Crippen LogP contribution in [0.15, 0.2) is 43.0 Å². The van der Waals surface area contributed by atoms with E-state index in [9.17, 15) is 0 Å². The number of nitrogens with one attached hydrogen (secondary N) is 1. The van der Waals surface area contributed by atoms with Crippen molar-refractivity contribution in [1.29, 1.82) is 0 Å². The second-order valence-electron chi connectivity index (χ2n) is 4.65. The predicted octanol–water partition coefficient (Wildman–Crippen LogP) is 2.51. The number of benzene rings is 1. The number of hydrogen-bond acceptors (Lipinski definition) is 2. The third-order valence-electron chi connectivity index (χ3n) is 3.44. The minimum absolute atomic E-state index is 0.753. The summed E-state index contributed by atoms with van der Waals surface area (Å²) in [5.41, 5.74) is 2.51. The molecular formula is C14H17N3. The molecule has 1 saturated carbocycles. The van der Waals surface area contributed by atoms with Gasteiger partial charge in [0.1, 0.15) is 0 Å². The predicted molar refractivity (Wildman–Crippen MR) is 68.0 cm³/mol. The molecule has 1 fully saturated rings. The fourth-order valence-electron chi connectivity index (χ4n) is 2.07. The Morgan fingerprint density at radius 1 is 1.24 bits per heavy atom. The average Bonchev–Trinajstić information content (AvgIpc) is 2.81. The van der Waals surface area contributed by atoms with Crippen LogP contribution in [0.2, 0.25) is 0 Å². The van der Waals surface area contributed by atoms with E-state index in [0.29, 0.717) is 0 Å². The molecule has 1 aliphatic carbocycles. The lowest BCUT2D eigenvalue weighted by Crippen LogP contribution is -2.34. The van der Waals surface area contributed by atoms with Gasteiger partial charge in [0.2, 0.25) is 0 Å². The first-order valence-electron chi connectivity index (χ1n) is 6.22. The van der Waals surface area contributed by atoms with Gasteiger partial charge in [-0.3, -0.25) is 0 Å². The summed E-state index contributed by atoms with van der Waals surface area (Å²) in [6.07, 6.45) is 9.65. The topological polar surface area (TPSA) is 29.9 Å². The fourth-order valence-corrected chi connectivity index (χ4v) is 2.07. The average molecular weight is 227 g/mol. The van der Waals surface area contributed by atoms with E-state index in [1.165, 1.54) is 24.8 Å². The van der Waals surface area contributed by atoms with Crippen molar-refractivity contribution in [2.75, 3.05) is 0 Å². The maximum atomic E-state index is 4.05. The largest absolute Gasteiger partial charge is 0.310 e. The molecule has 0 spiro atoms.